The first-order chi connectivity index (χ1) is 12.0. The first-order valence-electron chi connectivity index (χ1n) is 8.39. The molecule has 1 heterocycles. The highest BCUT2D eigenvalue weighted by molar-refractivity contribution is 5.90. The fourth-order valence-electron chi connectivity index (χ4n) is 2.67. The van der Waals surface area contributed by atoms with E-state index >= 15 is 0 Å². The number of nitrogens with zero attached hydrogens (tertiary/aromatic N) is 1. The summed E-state index contributed by atoms with van der Waals surface area (Å²) in [5, 5.41) is 5.81. The number of halogens is 2. The Morgan fingerprint density at radius 1 is 1.24 bits per heavy atom. The zero-order valence-corrected chi connectivity index (χ0v) is 14.2. The molecule has 1 aliphatic rings. The van der Waals surface area contributed by atoms with Gasteiger partial charge in [0, 0.05) is 43.9 Å². The molecule has 25 heavy (non-hydrogen) atoms. The number of hydrogen-bond donors (Lipinski definition) is 2. The molecule has 2 N–H and O–H groups in total. The van der Waals surface area contributed by atoms with Crippen molar-refractivity contribution in [1.82, 2.24) is 10.2 Å². The van der Waals surface area contributed by atoms with E-state index in [1.807, 2.05) is 0 Å². The van der Waals surface area contributed by atoms with Crippen molar-refractivity contribution < 1.29 is 23.1 Å². The number of nitrogens with one attached hydrogen (secondary N) is 2. The zero-order chi connectivity index (χ0) is 18.2. The third kappa shape index (κ3) is 5.97. The summed E-state index contributed by atoms with van der Waals surface area (Å²) in [4.78, 5) is 25.1. The van der Waals surface area contributed by atoms with Gasteiger partial charge in [-0.25, -0.2) is 13.6 Å². The molecular formula is C17H23F2N3O3. The van der Waals surface area contributed by atoms with Crippen molar-refractivity contribution in [2.75, 3.05) is 31.6 Å². The molecule has 0 atom stereocenters. The Labute approximate surface area is 145 Å². The van der Waals surface area contributed by atoms with E-state index in [1.54, 1.807) is 11.8 Å². The minimum absolute atomic E-state index is 0.219. The number of ether oxygens (including phenoxy) is 1. The molecule has 0 radical (unpaired) electrons. The summed E-state index contributed by atoms with van der Waals surface area (Å²) in [6.45, 7) is 3.86. The van der Waals surface area contributed by atoms with Crippen LogP contribution in [0.3, 0.4) is 0 Å². The average Bonchev–Trinajstić information content (AvgIpc) is 2.59. The minimum Gasteiger partial charge on any atom is -0.450 e. The molecule has 0 saturated carbocycles. The molecule has 0 bridgehead atoms. The summed E-state index contributed by atoms with van der Waals surface area (Å²) in [5.74, 6) is -2.22. The molecule has 2 rings (SSSR count). The highest BCUT2D eigenvalue weighted by Gasteiger charge is 2.23. The second kappa shape index (κ2) is 9.31. The van der Waals surface area contributed by atoms with Crippen molar-refractivity contribution in [3.05, 3.63) is 29.8 Å². The molecule has 138 valence electrons. The highest BCUT2D eigenvalue weighted by Crippen LogP contribution is 2.14. The number of anilines is 1. The molecule has 1 fully saturated rings. The Balaban J connectivity index is 1.65. The van der Waals surface area contributed by atoms with Gasteiger partial charge in [0.25, 0.3) is 0 Å². The van der Waals surface area contributed by atoms with Crippen molar-refractivity contribution in [2.24, 2.45) is 0 Å². The van der Waals surface area contributed by atoms with Crippen molar-refractivity contribution in [2.45, 2.75) is 32.2 Å². The SMILES string of the molecule is CCOC(=O)N1CCC(NCCC(=O)Nc2ccc(F)c(F)c2)CC1. The van der Waals surface area contributed by atoms with Gasteiger partial charge in [-0.3, -0.25) is 4.79 Å². The lowest BCUT2D eigenvalue weighted by Crippen LogP contribution is -2.45. The van der Waals surface area contributed by atoms with Gasteiger partial charge < -0.3 is 20.3 Å². The van der Waals surface area contributed by atoms with E-state index in [1.165, 1.54) is 6.07 Å². The summed E-state index contributed by atoms with van der Waals surface area (Å²) >= 11 is 0. The quantitative estimate of drug-likeness (QED) is 0.823. The van der Waals surface area contributed by atoms with Crippen LogP contribution in [0.5, 0.6) is 0 Å². The van der Waals surface area contributed by atoms with E-state index in [0.29, 0.717) is 26.2 Å². The number of carbonyl (C=O) groups excluding carboxylic acids is 2. The fourth-order valence-corrected chi connectivity index (χ4v) is 2.67. The van der Waals surface area contributed by atoms with Gasteiger partial charge in [-0.05, 0) is 31.9 Å². The van der Waals surface area contributed by atoms with Crippen LogP contribution in [0.4, 0.5) is 19.3 Å². The molecular weight excluding hydrogens is 332 g/mol. The number of piperidine rings is 1. The van der Waals surface area contributed by atoms with Crippen LogP contribution in [-0.2, 0) is 9.53 Å². The Hall–Kier alpha value is -2.22. The lowest BCUT2D eigenvalue weighted by atomic mass is 10.1. The Bertz CT molecular complexity index is 605. The maximum atomic E-state index is 13.1. The number of amides is 2. The minimum atomic E-state index is -0.996. The van der Waals surface area contributed by atoms with Crippen LogP contribution >= 0.6 is 0 Å². The molecule has 1 saturated heterocycles. The molecule has 8 heteroatoms. The highest BCUT2D eigenvalue weighted by atomic mass is 19.2. The Morgan fingerprint density at radius 2 is 1.96 bits per heavy atom. The Morgan fingerprint density at radius 3 is 2.60 bits per heavy atom. The fraction of sp³-hybridized carbons (Fsp3) is 0.529. The molecule has 1 aromatic carbocycles. The number of benzene rings is 1. The van der Waals surface area contributed by atoms with Crippen LogP contribution in [0.2, 0.25) is 0 Å². The van der Waals surface area contributed by atoms with Gasteiger partial charge in [-0.1, -0.05) is 0 Å². The van der Waals surface area contributed by atoms with E-state index < -0.39 is 11.6 Å². The summed E-state index contributed by atoms with van der Waals surface area (Å²) < 4.78 is 30.9. The van der Waals surface area contributed by atoms with Crippen LogP contribution in [0.1, 0.15) is 26.2 Å². The third-order valence-corrected chi connectivity index (χ3v) is 4.01. The molecule has 0 aromatic heterocycles. The molecule has 1 aromatic rings. The van der Waals surface area contributed by atoms with Gasteiger partial charge in [0.2, 0.25) is 5.91 Å². The van der Waals surface area contributed by atoms with Gasteiger partial charge >= 0.3 is 6.09 Å². The predicted molar refractivity (Wildman–Crippen MR) is 89.2 cm³/mol. The molecule has 2 amide bonds. The van der Waals surface area contributed by atoms with E-state index in [0.717, 1.165) is 25.0 Å². The summed E-state index contributed by atoms with van der Waals surface area (Å²) in [5.41, 5.74) is 0.228. The predicted octanol–water partition coefficient (Wildman–Crippen LogP) is 2.50. The second-order valence-electron chi connectivity index (χ2n) is 5.84. The van der Waals surface area contributed by atoms with E-state index in [9.17, 15) is 18.4 Å². The molecule has 0 unspecified atom stereocenters. The molecule has 0 spiro atoms. The largest absolute Gasteiger partial charge is 0.450 e. The van der Waals surface area contributed by atoms with E-state index in [4.69, 9.17) is 4.74 Å². The van der Waals surface area contributed by atoms with Gasteiger partial charge in [0.05, 0.1) is 6.61 Å². The van der Waals surface area contributed by atoms with E-state index in [-0.39, 0.29) is 30.2 Å². The Kier molecular flexibility index (Phi) is 7.12. The summed E-state index contributed by atoms with van der Waals surface area (Å²) in [7, 11) is 0. The third-order valence-electron chi connectivity index (χ3n) is 4.01. The summed E-state index contributed by atoms with van der Waals surface area (Å²) in [6.07, 6.45) is 1.52. The van der Waals surface area contributed by atoms with Crippen LogP contribution in [0.25, 0.3) is 0 Å². The molecule has 6 nitrogen and oxygen atoms in total. The maximum absolute atomic E-state index is 13.1. The van der Waals surface area contributed by atoms with Gasteiger partial charge in [-0.2, -0.15) is 0 Å². The number of likely N-dealkylation sites (tertiary alicyclic amines) is 1. The number of carbonyl (C=O) groups is 2. The van der Waals surface area contributed by atoms with Crippen LogP contribution in [0, 0.1) is 11.6 Å². The second-order valence-corrected chi connectivity index (χ2v) is 5.84. The first-order valence-corrected chi connectivity index (χ1v) is 8.39. The lowest BCUT2D eigenvalue weighted by Gasteiger charge is -2.31. The first kappa shape index (κ1) is 19.1. The van der Waals surface area contributed by atoms with E-state index in [2.05, 4.69) is 10.6 Å². The van der Waals surface area contributed by atoms with Crippen molar-refractivity contribution in [1.29, 1.82) is 0 Å². The topological polar surface area (TPSA) is 70.7 Å². The normalized spacial score (nSPS) is 15.1. The zero-order valence-electron chi connectivity index (χ0n) is 14.2. The number of rotatable bonds is 6. The van der Waals surface area contributed by atoms with Crippen LogP contribution in [0.15, 0.2) is 18.2 Å². The summed E-state index contributed by atoms with van der Waals surface area (Å²) in [6, 6.07) is 3.47. The van der Waals surface area contributed by atoms with Gasteiger partial charge in [0.1, 0.15) is 0 Å². The molecule has 0 aliphatic carbocycles. The van der Waals surface area contributed by atoms with Crippen LogP contribution < -0.4 is 10.6 Å². The lowest BCUT2D eigenvalue weighted by molar-refractivity contribution is -0.116. The van der Waals surface area contributed by atoms with Crippen LogP contribution in [-0.4, -0.2) is 49.2 Å². The van der Waals surface area contributed by atoms with Crippen molar-refractivity contribution in [3.8, 4) is 0 Å². The smallest absolute Gasteiger partial charge is 0.409 e. The average molecular weight is 355 g/mol. The van der Waals surface area contributed by atoms with Crippen molar-refractivity contribution in [3.63, 3.8) is 0 Å². The molecule has 1 aliphatic heterocycles. The number of hydrogen-bond acceptors (Lipinski definition) is 4. The van der Waals surface area contributed by atoms with Gasteiger partial charge in [-0.15, -0.1) is 0 Å². The van der Waals surface area contributed by atoms with Crippen molar-refractivity contribution >= 4 is 17.7 Å². The standard InChI is InChI=1S/C17H23F2N3O3/c1-2-25-17(24)22-9-6-12(7-10-22)20-8-5-16(23)21-13-3-4-14(18)15(19)11-13/h3-4,11-12,20H,2,5-10H2,1H3,(H,21,23). The monoisotopic (exact) mass is 355 g/mol. The van der Waals surface area contributed by atoms with Gasteiger partial charge in [0.15, 0.2) is 11.6 Å². The maximum Gasteiger partial charge on any atom is 0.409 e.